The molecule has 1 aliphatic carbocycles. The number of carbonyl (C=O) groups excluding carboxylic acids is 1. The number of hydrogen-bond acceptors (Lipinski definition) is 2. The van der Waals surface area contributed by atoms with Crippen molar-refractivity contribution in [1.29, 1.82) is 0 Å². The zero-order valence-corrected chi connectivity index (χ0v) is 16.5. The predicted octanol–water partition coefficient (Wildman–Crippen LogP) is 5.85. The number of carbonyl (C=O) groups is 1. The van der Waals surface area contributed by atoms with E-state index >= 15 is 0 Å². The zero-order chi connectivity index (χ0) is 20.0. The minimum absolute atomic E-state index is 0.106. The summed E-state index contributed by atoms with van der Waals surface area (Å²) in [6, 6.07) is 14.6. The van der Waals surface area contributed by atoms with Gasteiger partial charge in [0.1, 0.15) is 5.52 Å². The highest BCUT2D eigenvalue weighted by molar-refractivity contribution is 6.39. The second-order valence-corrected chi connectivity index (χ2v) is 7.82. The minimum atomic E-state index is -0.250. The lowest BCUT2D eigenvalue weighted by Crippen LogP contribution is -2.07. The van der Waals surface area contributed by atoms with Crippen LogP contribution in [0.25, 0.3) is 27.4 Å². The number of fused-ring (bicyclic) bond motifs is 3. The molecule has 5 heteroatoms. The van der Waals surface area contributed by atoms with Crippen molar-refractivity contribution >= 4 is 44.8 Å². The summed E-state index contributed by atoms with van der Waals surface area (Å²) in [5, 5.41) is 1.81. The van der Waals surface area contributed by atoms with E-state index in [1.165, 1.54) is 0 Å². The summed E-state index contributed by atoms with van der Waals surface area (Å²) in [4.78, 5) is 32.7. The van der Waals surface area contributed by atoms with Gasteiger partial charge in [-0.05, 0) is 43.4 Å². The van der Waals surface area contributed by atoms with Crippen molar-refractivity contribution in [3.63, 3.8) is 0 Å². The predicted molar refractivity (Wildman–Crippen MR) is 118 cm³/mol. The number of aromatic nitrogens is 2. The molecule has 1 aliphatic rings. The maximum atomic E-state index is 13.6. The van der Waals surface area contributed by atoms with Gasteiger partial charge < -0.3 is 9.97 Å². The fourth-order valence-electron chi connectivity index (χ4n) is 4.25. The fraction of sp³-hybridized carbons (Fsp3) is 0.167. The summed E-state index contributed by atoms with van der Waals surface area (Å²) in [7, 11) is 0. The second kappa shape index (κ2) is 7.05. The van der Waals surface area contributed by atoms with Crippen LogP contribution >= 0.6 is 11.6 Å². The van der Waals surface area contributed by atoms with Crippen LogP contribution in [-0.4, -0.2) is 15.8 Å². The van der Waals surface area contributed by atoms with Gasteiger partial charge in [-0.3, -0.25) is 9.59 Å². The quantitative estimate of drug-likeness (QED) is 0.422. The first-order valence-electron chi connectivity index (χ1n) is 9.80. The Hall–Kier alpha value is -3.11. The molecule has 0 fully saturated rings. The Morgan fingerprint density at radius 2 is 1.76 bits per heavy atom. The van der Waals surface area contributed by atoms with E-state index in [1.807, 2.05) is 24.3 Å². The topological polar surface area (TPSA) is 65.7 Å². The molecule has 0 radical (unpaired) electrons. The molecule has 4 nitrogen and oxygen atoms in total. The van der Waals surface area contributed by atoms with Gasteiger partial charge in [0.25, 0.3) is 5.56 Å². The van der Waals surface area contributed by atoms with E-state index < -0.39 is 0 Å². The van der Waals surface area contributed by atoms with Crippen LogP contribution in [0.15, 0.2) is 59.4 Å². The molecule has 0 amide bonds. The lowest BCUT2D eigenvalue weighted by atomic mass is 9.91. The van der Waals surface area contributed by atoms with E-state index in [4.69, 9.17) is 11.6 Å². The number of nitrogens with one attached hydrogen (secondary N) is 2. The standard InChI is InChI=1S/C24H19ClN2O2/c25-16-12-7-13-17-18(16)19-20(23(28)15-10-5-2-6-11-15)21(14-8-3-1-4-9-14)27-22(19)24(29)26-17/h2,5-8,10-13,27H,1,3-4,9H2,(H,26,29). The number of rotatable bonds is 3. The molecular weight excluding hydrogens is 384 g/mol. The number of pyridine rings is 1. The third kappa shape index (κ3) is 2.91. The third-order valence-corrected chi connectivity index (χ3v) is 5.93. The molecule has 2 N–H and O–H groups in total. The molecule has 2 heterocycles. The normalized spacial score (nSPS) is 14.3. The van der Waals surface area contributed by atoms with Gasteiger partial charge in [0.05, 0.1) is 21.8 Å². The van der Waals surface area contributed by atoms with Gasteiger partial charge in [0.15, 0.2) is 5.78 Å². The summed E-state index contributed by atoms with van der Waals surface area (Å²) < 4.78 is 0. The second-order valence-electron chi connectivity index (χ2n) is 7.41. The summed E-state index contributed by atoms with van der Waals surface area (Å²) >= 11 is 6.54. The highest BCUT2D eigenvalue weighted by atomic mass is 35.5. The monoisotopic (exact) mass is 402 g/mol. The van der Waals surface area contributed by atoms with Crippen molar-refractivity contribution in [3.8, 4) is 0 Å². The van der Waals surface area contributed by atoms with Crippen molar-refractivity contribution in [1.82, 2.24) is 9.97 Å². The lowest BCUT2D eigenvalue weighted by Gasteiger charge is -2.13. The maximum absolute atomic E-state index is 13.6. The number of benzene rings is 2. The van der Waals surface area contributed by atoms with Gasteiger partial charge in [-0.15, -0.1) is 0 Å². The molecule has 2 aromatic carbocycles. The van der Waals surface area contributed by atoms with Crippen molar-refractivity contribution in [2.45, 2.75) is 25.7 Å². The van der Waals surface area contributed by atoms with E-state index in [2.05, 4.69) is 16.0 Å². The first kappa shape index (κ1) is 18.0. The van der Waals surface area contributed by atoms with Crippen LogP contribution < -0.4 is 5.56 Å². The Bertz CT molecular complexity index is 1350. The average molecular weight is 403 g/mol. The Morgan fingerprint density at radius 1 is 0.931 bits per heavy atom. The summed E-state index contributed by atoms with van der Waals surface area (Å²) in [6.45, 7) is 0. The zero-order valence-electron chi connectivity index (χ0n) is 15.7. The molecule has 0 saturated heterocycles. The van der Waals surface area contributed by atoms with Gasteiger partial charge >= 0.3 is 0 Å². The SMILES string of the molecule is O=C(c1ccccc1)c1c(C2=CCCCC2)[nH]c2c(=O)[nH]c3cccc(Cl)c3c12. The van der Waals surface area contributed by atoms with E-state index in [-0.39, 0.29) is 11.3 Å². The van der Waals surface area contributed by atoms with Crippen molar-refractivity contribution in [2.24, 2.45) is 0 Å². The lowest BCUT2D eigenvalue weighted by molar-refractivity contribution is 0.104. The van der Waals surface area contributed by atoms with Crippen LogP contribution in [-0.2, 0) is 0 Å². The van der Waals surface area contributed by atoms with Crippen LogP contribution in [0, 0.1) is 0 Å². The summed E-state index contributed by atoms with van der Waals surface area (Å²) in [6.07, 6.45) is 6.24. The first-order chi connectivity index (χ1) is 14.1. The minimum Gasteiger partial charge on any atom is -0.350 e. The highest BCUT2D eigenvalue weighted by Gasteiger charge is 2.26. The number of H-pyrrole nitrogens is 2. The van der Waals surface area contributed by atoms with Crippen molar-refractivity contribution in [2.75, 3.05) is 0 Å². The van der Waals surface area contributed by atoms with Crippen LogP contribution in [0.5, 0.6) is 0 Å². The summed E-state index contributed by atoms with van der Waals surface area (Å²) in [5.41, 5.74) is 3.72. The van der Waals surface area contributed by atoms with Crippen molar-refractivity contribution in [3.05, 3.63) is 86.8 Å². The molecule has 0 bridgehead atoms. The maximum Gasteiger partial charge on any atom is 0.272 e. The molecular formula is C24H19ClN2O2. The molecule has 0 atom stereocenters. The molecule has 144 valence electrons. The highest BCUT2D eigenvalue weighted by Crippen LogP contribution is 2.37. The number of allylic oxidation sites excluding steroid dienone is 2. The molecule has 29 heavy (non-hydrogen) atoms. The molecule has 2 aromatic heterocycles. The van der Waals surface area contributed by atoms with Gasteiger partial charge in [-0.1, -0.05) is 54.1 Å². The smallest absolute Gasteiger partial charge is 0.272 e. The first-order valence-corrected chi connectivity index (χ1v) is 10.2. The Labute approximate surface area is 172 Å². The van der Waals surface area contributed by atoms with E-state index in [0.29, 0.717) is 38.0 Å². The molecule has 0 aliphatic heterocycles. The Morgan fingerprint density at radius 3 is 2.52 bits per heavy atom. The van der Waals surface area contributed by atoms with Crippen LogP contribution in [0.3, 0.4) is 0 Å². The van der Waals surface area contributed by atoms with Gasteiger partial charge in [0, 0.05) is 16.3 Å². The van der Waals surface area contributed by atoms with Crippen LogP contribution in [0.2, 0.25) is 5.02 Å². The van der Waals surface area contributed by atoms with E-state index in [9.17, 15) is 9.59 Å². The fourth-order valence-corrected chi connectivity index (χ4v) is 4.52. The Balaban J connectivity index is 1.93. The van der Waals surface area contributed by atoms with Gasteiger partial charge in [-0.25, -0.2) is 0 Å². The van der Waals surface area contributed by atoms with E-state index in [1.54, 1.807) is 24.3 Å². The van der Waals surface area contributed by atoms with Crippen molar-refractivity contribution < 1.29 is 4.79 Å². The van der Waals surface area contributed by atoms with Gasteiger partial charge in [-0.2, -0.15) is 0 Å². The van der Waals surface area contributed by atoms with Crippen LogP contribution in [0.4, 0.5) is 0 Å². The van der Waals surface area contributed by atoms with Crippen LogP contribution in [0.1, 0.15) is 47.3 Å². The number of hydrogen-bond donors (Lipinski definition) is 2. The van der Waals surface area contributed by atoms with E-state index in [0.717, 1.165) is 37.0 Å². The molecule has 4 aromatic rings. The molecule has 0 saturated carbocycles. The number of aromatic amines is 2. The Kier molecular flexibility index (Phi) is 4.36. The largest absolute Gasteiger partial charge is 0.350 e. The number of ketones is 1. The molecule has 0 unspecified atom stereocenters. The van der Waals surface area contributed by atoms with Gasteiger partial charge in [0.2, 0.25) is 0 Å². The molecule has 5 rings (SSSR count). The molecule has 0 spiro atoms. The summed E-state index contributed by atoms with van der Waals surface area (Å²) in [5.74, 6) is -0.106. The average Bonchev–Trinajstić information content (AvgIpc) is 3.16. The number of halogens is 1. The third-order valence-electron chi connectivity index (χ3n) is 5.61.